The van der Waals surface area contributed by atoms with Crippen LogP contribution < -0.4 is 4.90 Å². The van der Waals surface area contributed by atoms with Gasteiger partial charge in [0.25, 0.3) is 0 Å². The van der Waals surface area contributed by atoms with Gasteiger partial charge in [-0.1, -0.05) is 121 Å². The number of benzene rings is 7. The van der Waals surface area contributed by atoms with Crippen LogP contribution in [0.4, 0.5) is 17.1 Å². The third-order valence-electron chi connectivity index (χ3n) is 10.5. The standard InChI is InChI=1S/C47H34N2/c1-3-12-37(13-4-1)48(39-25-21-32(22-26-39)34-19-20-36-29-35-11-7-8-16-41(35)44(36)30-34)40-27-23-33-24-28-43-42-17-9-10-18-46(42)49(47(43)45(33)31-40)38-14-5-2-6-15-38/h1-18,20-28,30-31,34H,19,29H2. The summed E-state index contributed by atoms with van der Waals surface area (Å²) in [5.74, 6) is 0.373. The first kappa shape index (κ1) is 27.9. The lowest BCUT2D eigenvalue weighted by Crippen LogP contribution is -2.10. The fraction of sp³-hybridized carbons (Fsp3) is 0.0638. The van der Waals surface area contributed by atoms with Gasteiger partial charge in [0.05, 0.1) is 11.0 Å². The fourth-order valence-electron chi connectivity index (χ4n) is 8.21. The van der Waals surface area contributed by atoms with Gasteiger partial charge in [-0.15, -0.1) is 0 Å². The molecule has 0 saturated carbocycles. The molecule has 0 fully saturated rings. The van der Waals surface area contributed by atoms with Crippen molar-refractivity contribution in [3.63, 3.8) is 0 Å². The topological polar surface area (TPSA) is 8.17 Å². The molecule has 1 atom stereocenters. The summed E-state index contributed by atoms with van der Waals surface area (Å²) in [6, 6.07) is 59.9. The average molecular weight is 627 g/mol. The molecule has 0 saturated heterocycles. The van der Waals surface area contributed by atoms with Crippen molar-refractivity contribution in [2.45, 2.75) is 18.8 Å². The zero-order valence-electron chi connectivity index (χ0n) is 27.1. The van der Waals surface area contributed by atoms with E-state index in [1.807, 2.05) is 0 Å². The van der Waals surface area contributed by atoms with Crippen molar-refractivity contribution in [3.05, 3.63) is 198 Å². The number of rotatable bonds is 5. The summed E-state index contributed by atoms with van der Waals surface area (Å²) >= 11 is 0. The summed E-state index contributed by atoms with van der Waals surface area (Å²) in [5, 5.41) is 5.00. The van der Waals surface area contributed by atoms with Gasteiger partial charge in [0.15, 0.2) is 0 Å². The third kappa shape index (κ3) is 4.56. The Morgan fingerprint density at radius 3 is 2.10 bits per heavy atom. The van der Waals surface area contributed by atoms with Crippen LogP contribution in [0.15, 0.2) is 182 Å². The van der Waals surface area contributed by atoms with Crippen molar-refractivity contribution < 1.29 is 0 Å². The van der Waals surface area contributed by atoms with Crippen LogP contribution in [-0.2, 0) is 6.42 Å². The van der Waals surface area contributed by atoms with Gasteiger partial charge in [0.2, 0.25) is 0 Å². The van der Waals surface area contributed by atoms with E-state index in [0.717, 1.165) is 29.9 Å². The molecule has 0 spiro atoms. The lowest BCUT2D eigenvalue weighted by molar-refractivity contribution is 0.848. The molecule has 8 aromatic rings. The Morgan fingerprint density at radius 1 is 0.551 bits per heavy atom. The smallest absolute Gasteiger partial charge is 0.0620 e. The Hall–Kier alpha value is -6.12. The summed E-state index contributed by atoms with van der Waals surface area (Å²) in [6.07, 6.45) is 7.08. The summed E-state index contributed by atoms with van der Waals surface area (Å²) in [6.45, 7) is 0. The Kier molecular flexibility index (Phi) is 6.41. The van der Waals surface area contributed by atoms with Crippen molar-refractivity contribution in [1.82, 2.24) is 4.57 Å². The zero-order valence-corrected chi connectivity index (χ0v) is 27.1. The van der Waals surface area contributed by atoms with Crippen LogP contribution >= 0.6 is 0 Å². The maximum Gasteiger partial charge on any atom is 0.0620 e. The van der Waals surface area contributed by atoms with Crippen LogP contribution in [0.2, 0.25) is 0 Å². The van der Waals surface area contributed by atoms with E-state index in [9.17, 15) is 0 Å². The molecule has 2 heteroatoms. The number of hydrogen-bond acceptors (Lipinski definition) is 1. The molecule has 0 aliphatic heterocycles. The van der Waals surface area contributed by atoms with Crippen LogP contribution in [0.1, 0.15) is 29.0 Å². The minimum Gasteiger partial charge on any atom is -0.310 e. The number of hydrogen-bond donors (Lipinski definition) is 0. The Balaban J connectivity index is 1.11. The van der Waals surface area contributed by atoms with E-state index in [1.54, 1.807) is 0 Å². The Bertz CT molecular complexity index is 2590. The van der Waals surface area contributed by atoms with E-state index < -0.39 is 0 Å². The molecule has 2 nitrogen and oxygen atoms in total. The first-order chi connectivity index (χ1) is 24.3. The van der Waals surface area contributed by atoms with Gasteiger partial charge in [0.1, 0.15) is 0 Å². The highest BCUT2D eigenvalue weighted by atomic mass is 15.1. The maximum absolute atomic E-state index is 2.51. The lowest BCUT2D eigenvalue weighted by atomic mass is 9.86. The lowest BCUT2D eigenvalue weighted by Gasteiger charge is -2.27. The van der Waals surface area contributed by atoms with E-state index in [4.69, 9.17) is 0 Å². The number of aromatic nitrogens is 1. The molecule has 1 heterocycles. The van der Waals surface area contributed by atoms with Gasteiger partial charge in [-0.05, 0) is 101 Å². The summed E-state index contributed by atoms with van der Waals surface area (Å²) in [4.78, 5) is 2.39. The van der Waals surface area contributed by atoms with Gasteiger partial charge >= 0.3 is 0 Å². The molecule has 1 aromatic heterocycles. The molecule has 49 heavy (non-hydrogen) atoms. The predicted molar refractivity (Wildman–Crippen MR) is 207 cm³/mol. The third-order valence-corrected chi connectivity index (χ3v) is 10.5. The van der Waals surface area contributed by atoms with Crippen molar-refractivity contribution in [2.24, 2.45) is 0 Å². The first-order valence-corrected chi connectivity index (χ1v) is 17.3. The highest BCUT2D eigenvalue weighted by molar-refractivity contribution is 6.19. The minimum atomic E-state index is 0.373. The molecule has 7 aromatic carbocycles. The zero-order chi connectivity index (χ0) is 32.3. The second kappa shape index (κ2) is 11.2. The van der Waals surface area contributed by atoms with Gasteiger partial charge in [-0.3, -0.25) is 0 Å². The summed E-state index contributed by atoms with van der Waals surface area (Å²) in [7, 11) is 0. The van der Waals surface area contributed by atoms with Crippen LogP contribution in [0, 0.1) is 0 Å². The van der Waals surface area contributed by atoms with Crippen LogP contribution in [0.5, 0.6) is 0 Å². The van der Waals surface area contributed by atoms with Crippen LogP contribution in [-0.4, -0.2) is 4.57 Å². The second-order valence-electron chi connectivity index (χ2n) is 13.3. The largest absolute Gasteiger partial charge is 0.310 e. The highest BCUT2D eigenvalue weighted by Gasteiger charge is 2.26. The Morgan fingerprint density at radius 2 is 1.24 bits per heavy atom. The molecule has 0 radical (unpaired) electrons. The van der Waals surface area contributed by atoms with Gasteiger partial charge < -0.3 is 9.47 Å². The van der Waals surface area contributed by atoms with E-state index in [-0.39, 0.29) is 0 Å². The van der Waals surface area contributed by atoms with Gasteiger partial charge in [-0.25, -0.2) is 0 Å². The normalized spacial score (nSPS) is 15.2. The minimum absolute atomic E-state index is 0.373. The van der Waals surface area contributed by atoms with E-state index >= 15 is 0 Å². The van der Waals surface area contributed by atoms with Crippen molar-refractivity contribution in [2.75, 3.05) is 4.90 Å². The molecule has 0 amide bonds. The summed E-state index contributed by atoms with van der Waals surface area (Å²) < 4.78 is 2.43. The molecule has 0 bridgehead atoms. The molecular formula is C47H34N2. The molecule has 0 N–H and O–H groups in total. The van der Waals surface area contributed by atoms with E-state index in [0.29, 0.717) is 5.92 Å². The van der Waals surface area contributed by atoms with Gasteiger partial charge in [0, 0.05) is 44.8 Å². The SMILES string of the molecule is C1=C2Cc3ccccc3C2=CC(c2ccc(N(c3ccccc3)c3ccc4ccc5c6ccccc6n(-c6ccccc6)c5c4c3)cc2)C1. The Labute approximate surface area is 286 Å². The molecule has 232 valence electrons. The van der Waals surface area contributed by atoms with E-state index in [1.165, 1.54) is 66.1 Å². The summed E-state index contributed by atoms with van der Waals surface area (Å²) in [5.41, 5.74) is 14.2. The molecular weight excluding hydrogens is 593 g/mol. The predicted octanol–water partition coefficient (Wildman–Crippen LogP) is 12.5. The molecule has 1 unspecified atom stereocenters. The highest BCUT2D eigenvalue weighted by Crippen LogP contribution is 2.44. The quantitative estimate of drug-likeness (QED) is 0.185. The molecule has 10 rings (SSSR count). The number of fused-ring (bicyclic) bond motifs is 8. The maximum atomic E-state index is 2.51. The number of nitrogens with zero attached hydrogens (tertiary/aromatic N) is 2. The van der Waals surface area contributed by atoms with Gasteiger partial charge in [-0.2, -0.15) is 0 Å². The van der Waals surface area contributed by atoms with Crippen LogP contribution in [0.3, 0.4) is 0 Å². The first-order valence-electron chi connectivity index (χ1n) is 17.3. The number of anilines is 3. The van der Waals surface area contributed by atoms with Crippen molar-refractivity contribution >= 4 is 55.2 Å². The average Bonchev–Trinajstić information content (AvgIpc) is 3.72. The van der Waals surface area contributed by atoms with Crippen molar-refractivity contribution in [1.29, 1.82) is 0 Å². The molecule has 2 aliphatic carbocycles. The van der Waals surface area contributed by atoms with E-state index in [2.05, 4.69) is 185 Å². The number of allylic oxidation sites excluding steroid dienone is 4. The van der Waals surface area contributed by atoms with Crippen molar-refractivity contribution in [3.8, 4) is 5.69 Å². The fourth-order valence-corrected chi connectivity index (χ4v) is 8.21. The number of para-hydroxylation sites is 3. The monoisotopic (exact) mass is 626 g/mol. The van der Waals surface area contributed by atoms with Crippen LogP contribution in [0.25, 0.3) is 43.8 Å². The molecule has 2 aliphatic rings. The second-order valence-corrected chi connectivity index (χ2v) is 13.3.